The number of nitrogens with zero attached hydrogens (tertiary/aromatic N) is 1. The van der Waals surface area contributed by atoms with Gasteiger partial charge < -0.3 is 10.4 Å². The fourth-order valence-corrected chi connectivity index (χ4v) is 1.64. The maximum Gasteiger partial charge on any atom is 0.304 e. The van der Waals surface area contributed by atoms with Crippen LogP contribution in [0.25, 0.3) is 0 Å². The lowest BCUT2D eigenvalue weighted by Gasteiger charge is -2.25. The predicted octanol–water partition coefficient (Wildman–Crippen LogP) is 0.840. The van der Waals surface area contributed by atoms with Gasteiger partial charge in [-0.1, -0.05) is 0 Å². The number of aliphatic carboxylic acids is 1. The van der Waals surface area contributed by atoms with Crippen LogP contribution >= 0.6 is 0 Å². The van der Waals surface area contributed by atoms with E-state index < -0.39 is 5.97 Å². The van der Waals surface area contributed by atoms with Crippen LogP contribution in [0.1, 0.15) is 39.5 Å². The zero-order chi connectivity index (χ0) is 12.8. The van der Waals surface area contributed by atoms with Crippen LogP contribution < -0.4 is 5.32 Å². The summed E-state index contributed by atoms with van der Waals surface area (Å²) < 4.78 is 0. The minimum atomic E-state index is -0.793. The highest BCUT2D eigenvalue weighted by atomic mass is 16.4. The van der Waals surface area contributed by atoms with Gasteiger partial charge in [0.25, 0.3) is 0 Å². The quantitative estimate of drug-likeness (QED) is 0.662. The zero-order valence-electron chi connectivity index (χ0n) is 10.6. The molecule has 1 rings (SSSR count). The Morgan fingerprint density at radius 2 is 1.88 bits per heavy atom. The molecule has 1 saturated carbocycles. The van der Waals surface area contributed by atoms with Gasteiger partial charge in [0.05, 0.1) is 6.42 Å². The van der Waals surface area contributed by atoms with Crippen LogP contribution in [0.15, 0.2) is 0 Å². The Labute approximate surface area is 102 Å². The van der Waals surface area contributed by atoms with Crippen molar-refractivity contribution < 1.29 is 14.7 Å². The molecule has 0 saturated heterocycles. The highest BCUT2D eigenvalue weighted by Crippen LogP contribution is 2.18. The Balaban J connectivity index is 2.22. The molecule has 0 radical (unpaired) electrons. The van der Waals surface area contributed by atoms with Crippen LogP contribution in [-0.4, -0.2) is 47.1 Å². The van der Waals surface area contributed by atoms with Gasteiger partial charge in [0, 0.05) is 31.6 Å². The van der Waals surface area contributed by atoms with Crippen molar-refractivity contribution in [3.05, 3.63) is 0 Å². The van der Waals surface area contributed by atoms with Gasteiger partial charge in [-0.3, -0.25) is 14.5 Å². The highest BCUT2D eigenvalue weighted by molar-refractivity contribution is 5.76. The smallest absolute Gasteiger partial charge is 0.304 e. The first-order valence-corrected chi connectivity index (χ1v) is 6.24. The molecule has 0 bridgehead atoms. The Kier molecular flexibility index (Phi) is 5.41. The molecular weight excluding hydrogens is 220 g/mol. The van der Waals surface area contributed by atoms with Crippen molar-refractivity contribution in [2.75, 3.05) is 13.1 Å². The molecule has 5 nitrogen and oxygen atoms in total. The Bertz CT molecular complexity index is 275. The summed E-state index contributed by atoms with van der Waals surface area (Å²) in [4.78, 5) is 24.0. The number of nitrogens with one attached hydrogen (secondary N) is 1. The van der Waals surface area contributed by atoms with Crippen molar-refractivity contribution in [2.45, 2.75) is 51.6 Å². The number of hydrogen-bond donors (Lipinski definition) is 2. The van der Waals surface area contributed by atoms with Crippen LogP contribution in [0, 0.1) is 0 Å². The number of carboxylic acids is 1. The van der Waals surface area contributed by atoms with Crippen LogP contribution in [-0.2, 0) is 9.59 Å². The molecule has 0 aliphatic heterocycles. The normalized spacial score (nSPS) is 15.3. The lowest BCUT2D eigenvalue weighted by molar-refractivity contribution is -0.137. The Morgan fingerprint density at radius 1 is 1.29 bits per heavy atom. The molecule has 5 heteroatoms. The number of carbonyl (C=O) groups excluding carboxylic acids is 1. The topological polar surface area (TPSA) is 69.6 Å². The summed E-state index contributed by atoms with van der Waals surface area (Å²) in [6.07, 6.45) is 2.77. The monoisotopic (exact) mass is 242 g/mol. The third-order valence-corrected chi connectivity index (χ3v) is 2.91. The molecule has 17 heavy (non-hydrogen) atoms. The summed E-state index contributed by atoms with van der Waals surface area (Å²) in [5.74, 6) is -0.716. The van der Waals surface area contributed by atoms with E-state index in [2.05, 4.69) is 5.32 Å². The van der Waals surface area contributed by atoms with Crippen LogP contribution in [0.2, 0.25) is 0 Å². The van der Waals surface area contributed by atoms with Gasteiger partial charge in [-0.15, -0.1) is 0 Å². The number of amides is 1. The second-order valence-corrected chi connectivity index (χ2v) is 4.87. The third-order valence-electron chi connectivity index (χ3n) is 2.91. The average molecular weight is 242 g/mol. The van der Waals surface area contributed by atoms with Gasteiger partial charge >= 0.3 is 5.97 Å². The maximum absolute atomic E-state index is 11.5. The van der Waals surface area contributed by atoms with Crippen molar-refractivity contribution in [3.8, 4) is 0 Å². The van der Waals surface area contributed by atoms with Gasteiger partial charge in [0.15, 0.2) is 0 Å². The first-order chi connectivity index (χ1) is 7.99. The molecule has 1 fully saturated rings. The Morgan fingerprint density at radius 3 is 2.35 bits per heavy atom. The summed E-state index contributed by atoms with van der Waals surface area (Å²) in [7, 11) is 0. The van der Waals surface area contributed by atoms with E-state index in [0.717, 1.165) is 12.8 Å². The van der Waals surface area contributed by atoms with Crippen molar-refractivity contribution in [1.29, 1.82) is 0 Å². The second kappa shape index (κ2) is 6.59. The average Bonchev–Trinajstić information content (AvgIpc) is 3.00. The fourth-order valence-electron chi connectivity index (χ4n) is 1.64. The summed E-state index contributed by atoms with van der Waals surface area (Å²) in [5, 5.41) is 11.6. The van der Waals surface area contributed by atoms with Crippen LogP contribution in [0.3, 0.4) is 0 Å². The first-order valence-electron chi connectivity index (χ1n) is 6.24. The maximum atomic E-state index is 11.5. The molecule has 0 spiro atoms. The first kappa shape index (κ1) is 14.0. The van der Waals surface area contributed by atoms with Crippen molar-refractivity contribution in [1.82, 2.24) is 10.2 Å². The van der Waals surface area contributed by atoms with Crippen LogP contribution in [0.5, 0.6) is 0 Å². The minimum Gasteiger partial charge on any atom is -0.481 e. The molecule has 2 N–H and O–H groups in total. The molecule has 98 valence electrons. The van der Waals surface area contributed by atoms with Crippen molar-refractivity contribution in [2.24, 2.45) is 0 Å². The molecule has 0 unspecified atom stereocenters. The van der Waals surface area contributed by atoms with E-state index in [1.54, 1.807) is 0 Å². The number of carbonyl (C=O) groups is 2. The minimum absolute atomic E-state index is 0.0773. The van der Waals surface area contributed by atoms with Gasteiger partial charge in [0.1, 0.15) is 0 Å². The van der Waals surface area contributed by atoms with E-state index in [-0.39, 0.29) is 18.4 Å². The van der Waals surface area contributed by atoms with Gasteiger partial charge in [0.2, 0.25) is 5.91 Å². The van der Waals surface area contributed by atoms with Crippen molar-refractivity contribution >= 4 is 11.9 Å². The number of hydrogen-bond acceptors (Lipinski definition) is 3. The molecule has 1 amide bonds. The largest absolute Gasteiger partial charge is 0.481 e. The summed E-state index contributed by atoms with van der Waals surface area (Å²) in [6.45, 7) is 5.16. The van der Waals surface area contributed by atoms with E-state index in [9.17, 15) is 9.59 Å². The highest BCUT2D eigenvalue weighted by Gasteiger charge is 2.23. The van der Waals surface area contributed by atoms with E-state index in [1.807, 2.05) is 18.7 Å². The van der Waals surface area contributed by atoms with Crippen LogP contribution in [0.4, 0.5) is 0 Å². The molecule has 0 aromatic rings. The zero-order valence-corrected chi connectivity index (χ0v) is 10.6. The lowest BCUT2D eigenvalue weighted by Crippen LogP contribution is -2.37. The lowest BCUT2D eigenvalue weighted by atomic mass is 10.2. The molecule has 0 atom stereocenters. The Hall–Kier alpha value is -1.10. The van der Waals surface area contributed by atoms with Gasteiger partial charge in [-0.05, 0) is 26.7 Å². The SMILES string of the molecule is CC(C)N(CCC(=O)O)CCC(=O)NC1CC1. The van der Waals surface area contributed by atoms with E-state index in [4.69, 9.17) is 5.11 Å². The van der Waals surface area contributed by atoms with Gasteiger partial charge in [-0.2, -0.15) is 0 Å². The molecule has 0 heterocycles. The van der Waals surface area contributed by atoms with Gasteiger partial charge in [-0.25, -0.2) is 0 Å². The van der Waals surface area contributed by atoms with E-state index in [0.29, 0.717) is 25.6 Å². The molecule has 1 aliphatic rings. The summed E-state index contributed by atoms with van der Waals surface area (Å²) >= 11 is 0. The van der Waals surface area contributed by atoms with Crippen molar-refractivity contribution in [3.63, 3.8) is 0 Å². The van der Waals surface area contributed by atoms with E-state index >= 15 is 0 Å². The van der Waals surface area contributed by atoms with E-state index in [1.165, 1.54) is 0 Å². The fraction of sp³-hybridized carbons (Fsp3) is 0.833. The molecule has 0 aromatic carbocycles. The third kappa shape index (κ3) is 6.26. The standard InChI is InChI=1S/C12H22N2O3/c1-9(2)14(8-6-12(16)17)7-5-11(15)13-10-3-4-10/h9-10H,3-8H2,1-2H3,(H,13,15)(H,16,17). The molecular formula is C12H22N2O3. The molecule has 0 aromatic heterocycles. The second-order valence-electron chi connectivity index (χ2n) is 4.87. The summed E-state index contributed by atoms with van der Waals surface area (Å²) in [6, 6.07) is 0.664. The number of rotatable bonds is 8. The predicted molar refractivity (Wildman–Crippen MR) is 64.7 cm³/mol. The summed E-state index contributed by atoms with van der Waals surface area (Å²) in [5.41, 5.74) is 0. The molecule has 1 aliphatic carbocycles. The number of carboxylic acid groups (broad SMARTS) is 1.